The molecule has 90 valence electrons. The summed E-state index contributed by atoms with van der Waals surface area (Å²) in [5.74, 6) is 6.15. The third-order valence-corrected chi connectivity index (χ3v) is 2.47. The lowest BCUT2D eigenvalue weighted by Crippen LogP contribution is -2.47. The Kier molecular flexibility index (Phi) is 7.07. The van der Waals surface area contributed by atoms with Crippen molar-refractivity contribution in [3.63, 3.8) is 0 Å². The van der Waals surface area contributed by atoms with Gasteiger partial charge in [0, 0.05) is 20.2 Å². The van der Waals surface area contributed by atoms with Crippen molar-refractivity contribution in [2.24, 2.45) is 10.8 Å². The fraction of sp³-hybridized carbons (Fsp3) is 0.900. The average Bonchev–Trinajstić information content (AvgIpc) is 2.24. The van der Waals surface area contributed by atoms with Crippen LogP contribution in [0.15, 0.2) is 4.99 Å². The summed E-state index contributed by atoms with van der Waals surface area (Å²) >= 11 is 0. The van der Waals surface area contributed by atoms with Crippen LogP contribution < -0.4 is 11.3 Å². The normalized spacial score (nSPS) is 16.0. The Morgan fingerprint density at radius 3 is 2.53 bits per heavy atom. The van der Waals surface area contributed by atoms with Crippen molar-refractivity contribution in [3.05, 3.63) is 0 Å². The number of rotatable bonds is 5. The van der Waals surface area contributed by atoms with Crippen molar-refractivity contribution < 1.29 is 4.74 Å². The van der Waals surface area contributed by atoms with Crippen LogP contribution in [0.3, 0.4) is 0 Å². The maximum absolute atomic E-state index is 5.45. The van der Waals surface area contributed by atoms with Gasteiger partial charge in [-0.2, -0.15) is 0 Å². The molecule has 0 radical (unpaired) electrons. The zero-order valence-corrected chi connectivity index (χ0v) is 10.4. The largest absolute Gasteiger partial charge is 0.382 e. The number of nitrogens with one attached hydrogen (secondary N) is 1. The molecular weight excluding hydrogens is 192 g/mol. The summed E-state index contributed by atoms with van der Waals surface area (Å²) in [7, 11) is 3.65. The summed E-state index contributed by atoms with van der Waals surface area (Å²) in [5, 5.41) is 0. The van der Waals surface area contributed by atoms with E-state index in [9.17, 15) is 0 Å². The molecule has 5 nitrogen and oxygen atoms in total. The minimum absolute atomic E-state index is 0.104. The van der Waals surface area contributed by atoms with Crippen LogP contribution >= 0.6 is 0 Å². The van der Waals surface area contributed by atoms with Gasteiger partial charge in [0.15, 0.2) is 0 Å². The van der Waals surface area contributed by atoms with Gasteiger partial charge >= 0.3 is 0 Å². The molecule has 0 amide bonds. The number of hydrazine groups is 1. The number of ether oxygens (including phenoxy) is 1. The highest BCUT2D eigenvalue weighted by atomic mass is 16.5. The summed E-state index contributed by atoms with van der Waals surface area (Å²) in [6.45, 7) is 6.85. The predicted octanol–water partition coefficient (Wildman–Crippen LogP) is 0.571. The predicted molar refractivity (Wildman–Crippen MR) is 63.6 cm³/mol. The molecule has 0 rings (SSSR count). The van der Waals surface area contributed by atoms with E-state index >= 15 is 0 Å². The second-order valence-corrected chi connectivity index (χ2v) is 3.77. The van der Waals surface area contributed by atoms with E-state index in [1.165, 1.54) is 0 Å². The maximum atomic E-state index is 5.45. The lowest BCUT2D eigenvalue weighted by molar-refractivity contribution is 0.185. The molecule has 2 unspecified atom stereocenters. The lowest BCUT2D eigenvalue weighted by Gasteiger charge is -2.27. The van der Waals surface area contributed by atoms with Crippen molar-refractivity contribution in [2.75, 3.05) is 20.8 Å². The number of guanidine groups is 1. The zero-order chi connectivity index (χ0) is 11.8. The van der Waals surface area contributed by atoms with Gasteiger partial charge in [-0.1, -0.05) is 6.92 Å². The first-order valence-corrected chi connectivity index (χ1v) is 5.32. The monoisotopic (exact) mass is 216 g/mol. The second-order valence-electron chi connectivity index (χ2n) is 3.77. The van der Waals surface area contributed by atoms with Crippen molar-refractivity contribution in [1.82, 2.24) is 10.3 Å². The summed E-state index contributed by atoms with van der Waals surface area (Å²) in [6.07, 6.45) is 1.05. The van der Waals surface area contributed by atoms with E-state index in [1.807, 2.05) is 18.9 Å². The molecule has 0 aliphatic heterocycles. The van der Waals surface area contributed by atoms with E-state index in [0.717, 1.165) is 6.42 Å². The molecule has 0 aromatic carbocycles. The van der Waals surface area contributed by atoms with Gasteiger partial charge in [-0.25, -0.2) is 10.8 Å². The van der Waals surface area contributed by atoms with Crippen LogP contribution in [0.25, 0.3) is 0 Å². The van der Waals surface area contributed by atoms with E-state index in [2.05, 4.69) is 24.3 Å². The zero-order valence-electron chi connectivity index (χ0n) is 10.4. The second kappa shape index (κ2) is 7.48. The number of hydrogen-bond acceptors (Lipinski definition) is 3. The molecule has 0 spiro atoms. The Morgan fingerprint density at radius 2 is 2.13 bits per heavy atom. The lowest BCUT2D eigenvalue weighted by atomic mass is 10.2. The number of nitrogens with two attached hydrogens (primary N) is 1. The van der Waals surface area contributed by atoms with Crippen LogP contribution in [0.2, 0.25) is 0 Å². The standard InChI is InChI=1S/C10H24N4O/c1-6-9(3)14(4)10(13-11)12-8(2)7-15-5/h8-9H,6-7,11H2,1-5H3,(H,12,13). The van der Waals surface area contributed by atoms with Gasteiger partial charge < -0.3 is 9.64 Å². The number of hydrogen-bond donors (Lipinski definition) is 2. The van der Waals surface area contributed by atoms with Gasteiger partial charge in [-0.15, -0.1) is 0 Å². The first-order valence-electron chi connectivity index (χ1n) is 5.32. The van der Waals surface area contributed by atoms with Crippen molar-refractivity contribution >= 4 is 5.96 Å². The SMILES string of the molecule is CCC(C)N(C)C(=NC(C)COC)NN. The Bertz CT molecular complexity index is 196. The fourth-order valence-corrected chi connectivity index (χ4v) is 1.20. The topological polar surface area (TPSA) is 62.9 Å². The van der Waals surface area contributed by atoms with Crippen LogP contribution in [0.1, 0.15) is 27.2 Å². The highest BCUT2D eigenvalue weighted by Crippen LogP contribution is 2.01. The van der Waals surface area contributed by atoms with Gasteiger partial charge in [0.25, 0.3) is 0 Å². The van der Waals surface area contributed by atoms with Gasteiger partial charge in [-0.3, -0.25) is 5.43 Å². The van der Waals surface area contributed by atoms with Gasteiger partial charge in [0.2, 0.25) is 5.96 Å². The van der Waals surface area contributed by atoms with Gasteiger partial charge in [0.1, 0.15) is 0 Å². The Balaban J connectivity index is 4.45. The molecule has 0 bridgehead atoms. The van der Waals surface area contributed by atoms with E-state index in [4.69, 9.17) is 10.6 Å². The van der Waals surface area contributed by atoms with Crippen LogP contribution in [0, 0.1) is 0 Å². The van der Waals surface area contributed by atoms with Crippen molar-refractivity contribution in [3.8, 4) is 0 Å². The fourth-order valence-electron chi connectivity index (χ4n) is 1.20. The first kappa shape index (κ1) is 14.2. The van der Waals surface area contributed by atoms with Crippen molar-refractivity contribution in [1.29, 1.82) is 0 Å². The van der Waals surface area contributed by atoms with E-state index in [1.54, 1.807) is 7.11 Å². The van der Waals surface area contributed by atoms with Crippen LogP contribution in [-0.4, -0.2) is 43.7 Å². The summed E-state index contributed by atoms with van der Waals surface area (Å²) < 4.78 is 5.02. The van der Waals surface area contributed by atoms with E-state index in [0.29, 0.717) is 18.6 Å². The van der Waals surface area contributed by atoms with E-state index < -0.39 is 0 Å². The molecule has 0 saturated heterocycles. The molecular formula is C10H24N4O. The minimum atomic E-state index is 0.104. The number of methoxy groups -OCH3 is 1. The molecule has 0 aromatic heterocycles. The molecule has 0 aliphatic carbocycles. The van der Waals surface area contributed by atoms with E-state index in [-0.39, 0.29) is 6.04 Å². The first-order chi connectivity index (χ1) is 7.06. The third-order valence-electron chi connectivity index (χ3n) is 2.47. The molecule has 2 atom stereocenters. The highest BCUT2D eigenvalue weighted by molar-refractivity contribution is 5.79. The smallest absolute Gasteiger partial charge is 0.208 e. The Hall–Kier alpha value is -0.810. The molecule has 3 N–H and O–H groups in total. The molecule has 0 aromatic rings. The molecule has 0 saturated carbocycles. The number of aliphatic imine (C=N–C) groups is 1. The van der Waals surface area contributed by atoms with Crippen LogP contribution in [0.5, 0.6) is 0 Å². The molecule has 0 fully saturated rings. The molecule has 0 aliphatic rings. The third kappa shape index (κ3) is 4.99. The maximum Gasteiger partial charge on any atom is 0.208 e. The highest BCUT2D eigenvalue weighted by Gasteiger charge is 2.12. The Labute approximate surface area is 92.7 Å². The summed E-state index contributed by atoms with van der Waals surface area (Å²) in [4.78, 5) is 6.47. The molecule has 15 heavy (non-hydrogen) atoms. The van der Waals surface area contributed by atoms with Gasteiger partial charge in [0.05, 0.1) is 12.6 Å². The van der Waals surface area contributed by atoms with Gasteiger partial charge in [-0.05, 0) is 20.3 Å². The quantitative estimate of drug-likeness (QED) is 0.305. The number of nitrogens with zero attached hydrogens (tertiary/aromatic N) is 2. The molecule has 5 heteroatoms. The Morgan fingerprint density at radius 1 is 1.53 bits per heavy atom. The molecule has 0 heterocycles. The minimum Gasteiger partial charge on any atom is -0.382 e. The van der Waals surface area contributed by atoms with Crippen LogP contribution in [0.4, 0.5) is 0 Å². The summed E-state index contributed by atoms with van der Waals surface area (Å²) in [6, 6.07) is 0.516. The van der Waals surface area contributed by atoms with Crippen molar-refractivity contribution in [2.45, 2.75) is 39.3 Å². The summed E-state index contributed by atoms with van der Waals surface area (Å²) in [5.41, 5.74) is 2.63. The van der Waals surface area contributed by atoms with Crippen LogP contribution in [-0.2, 0) is 4.74 Å². The average molecular weight is 216 g/mol.